The number of aryl methyl sites for hydroxylation is 1. The molecule has 1 aliphatic carbocycles. The summed E-state index contributed by atoms with van der Waals surface area (Å²) in [6.45, 7) is 2.66. The number of rotatable bonds is 6. The van der Waals surface area contributed by atoms with Gasteiger partial charge in [0.25, 0.3) is 0 Å². The summed E-state index contributed by atoms with van der Waals surface area (Å²) in [5.74, 6) is 1.05. The van der Waals surface area contributed by atoms with Crippen molar-refractivity contribution in [2.75, 3.05) is 6.54 Å². The summed E-state index contributed by atoms with van der Waals surface area (Å²) in [7, 11) is 0. The van der Waals surface area contributed by atoms with Crippen molar-refractivity contribution in [1.82, 2.24) is 15.0 Å². The Hall–Kier alpha value is -3.09. The first-order valence-electron chi connectivity index (χ1n) is 8.60. The smallest absolute Gasteiger partial charge is 0.246 e. The molecule has 7 heteroatoms. The summed E-state index contributed by atoms with van der Waals surface area (Å²) in [6, 6.07) is 6.06. The molecule has 2 aromatic heterocycles. The van der Waals surface area contributed by atoms with Crippen LogP contribution in [-0.4, -0.2) is 33.5 Å². The van der Waals surface area contributed by atoms with E-state index in [2.05, 4.69) is 15.0 Å². The van der Waals surface area contributed by atoms with Crippen molar-refractivity contribution in [1.29, 1.82) is 0 Å². The summed E-state index contributed by atoms with van der Waals surface area (Å²) in [5, 5.41) is 4.13. The zero-order chi connectivity index (χ0) is 18.1. The molecular weight excluding hydrogens is 332 g/mol. The second-order valence-corrected chi connectivity index (χ2v) is 6.49. The van der Waals surface area contributed by atoms with Crippen LogP contribution in [0.3, 0.4) is 0 Å². The van der Waals surface area contributed by atoms with Crippen LogP contribution < -0.4 is 5.73 Å². The number of primary amides is 1. The first-order valence-corrected chi connectivity index (χ1v) is 8.60. The number of hydrogen-bond donors (Lipinski definition) is 1. The zero-order valence-electron chi connectivity index (χ0n) is 14.5. The number of nitrogens with zero attached hydrogens (tertiary/aromatic N) is 3. The van der Waals surface area contributed by atoms with Crippen LogP contribution in [0.15, 0.2) is 52.5 Å². The predicted molar refractivity (Wildman–Crippen MR) is 94.3 cm³/mol. The maximum Gasteiger partial charge on any atom is 0.246 e. The number of nitrogens with two attached hydrogens (primary N) is 1. The molecule has 0 unspecified atom stereocenters. The SMILES string of the molecule is Cc1onc(-c2ccccn2)c1COC1=CC=C(C(N)=O)CN1C1CC1. The fourth-order valence-electron chi connectivity index (χ4n) is 2.98. The average Bonchev–Trinajstić information content (AvgIpc) is 3.44. The van der Waals surface area contributed by atoms with Gasteiger partial charge >= 0.3 is 0 Å². The van der Waals surface area contributed by atoms with Gasteiger partial charge in [0.15, 0.2) is 5.88 Å². The molecule has 0 saturated heterocycles. The lowest BCUT2D eigenvalue weighted by molar-refractivity contribution is -0.114. The standard InChI is InChI=1S/C19H20N4O3/c1-12-15(18(22-26-12)16-4-2-3-9-21-16)11-25-17-8-5-13(19(20)24)10-23(17)14-6-7-14/h2-5,8-9,14H,6-7,10-11H2,1H3,(H2,20,24). The molecule has 1 aliphatic heterocycles. The van der Waals surface area contributed by atoms with Gasteiger partial charge in [-0.2, -0.15) is 0 Å². The molecule has 1 saturated carbocycles. The van der Waals surface area contributed by atoms with Crippen LogP contribution in [0.4, 0.5) is 0 Å². The number of aromatic nitrogens is 2. The van der Waals surface area contributed by atoms with Gasteiger partial charge in [-0.05, 0) is 44.1 Å². The molecule has 0 bridgehead atoms. The highest BCUT2D eigenvalue weighted by molar-refractivity contribution is 5.93. The van der Waals surface area contributed by atoms with Crippen LogP contribution in [-0.2, 0) is 16.1 Å². The molecule has 1 amide bonds. The van der Waals surface area contributed by atoms with E-state index >= 15 is 0 Å². The number of hydrogen-bond acceptors (Lipinski definition) is 6. The van der Waals surface area contributed by atoms with E-state index in [4.69, 9.17) is 15.0 Å². The summed E-state index contributed by atoms with van der Waals surface area (Å²) in [5.41, 5.74) is 8.31. The Balaban J connectivity index is 1.55. The summed E-state index contributed by atoms with van der Waals surface area (Å²) in [4.78, 5) is 17.9. The lowest BCUT2D eigenvalue weighted by atomic mass is 10.1. The van der Waals surface area contributed by atoms with Crippen molar-refractivity contribution < 1.29 is 14.1 Å². The van der Waals surface area contributed by atoms with Gasteiger partial charge < -0.3 is 19.9 Å². The van der Waals surface area contributed by atoms with E-state index in [1.54, 1.807) is 12.3 Å². The van der Waals surface area contributed by atoms with Crippen molar-refractivity contribution in [3.05, 3.63) is 59.3 Å². The van der Waals surface area contributed by atoms with E-state index < -0.39 is 5.91 Å². The van der Waals surface area contributed by atoms with Crippen LogP contribution in [0.1, 0.15) is 24.2 Å². The Morgan fingerprint density at radius 2 is 2.23 bits per heavy atom. The monoisotopic (exact) mass is 352 g/mol. The van der Waals surface area contributed by atoms with Crippen LogP contribution in [0.2, 0.25) is 0 Å². The number of carbonyl (C=O) groups is 1. The zero-order valence-corrected chi connectivity index (χ0v) is 14.5. The normalized spacial score (nSPS) is 16.9. The van der Waals surface area contributed by atoms with Gasteiger partial charge in [0.1, 0.15) is 18.1 Å². The second-order valence-electron chi connectivity index (χ2n) is 6.49. The van der Waals surface area contributed by atoms with Gasteiger partial charge in [-0.25, -0.2) is 0 Å². The van der Waals surface area contributed by atoms with E-state index in [0.29, 0.717) is 36.2 Å². The average molecular weight is 352 g/mol. The highest BCUT2D eigenvalue weighted by Crippen LogP contribution is 2.34. The van der Waals surface area contributed by atoms with Crippen LogP contribution in [0.5, 0.6) is 0 Å². The number of pyridine rings is 1. The minimum Gasteiger partial charge on any atom is -0.474 e. The molecule has 2 N–H and O–H groups in total. The van der Waals surface area contributed by atoms with Crippen molar-refractivity contribution >= 4 is 5.91 Å². The summed E-state index contributed by atoms with van der Waals surface area (Å²) < 4.78 is 11.4. The van der Waals surface area contributed by atoms with Crippen LogP contribution in [0.25, 0.3) is 11.4 Å². The lowest BCUT2D eigenvalue weighted by Crippen LogP contribution is -2.34. The summed E-state index contributed by atoms with van der Waals surface area (Å²) in [6.07, 6.45) is 7.46. The topological polar surface area (TPSA) is 94.5 Å². The van der Waals surface area contributed by atoms with Gasteiger partial charge in [0.2, 0.25) is 5.91 Å². The molecule has 26 heavy (non-hydrogen) atoms. The third kappa shape index (κ3) is 3.20. The molecule has 134 valence electrons. The Bertz CT molecular complexity index is 881. The summed E-state index contributed by atoms with van der Waals surface area (Å²) >= 11 is 0. The molecule has 0 atom stereocenters. The quantitative estimate of drug-likeness (QED) is 0.857. The van der Waals surface area contributed by atoms with Crippen molar-refractivity contribution in [2.45, 2.75) is 32.4 Å². The van der Waals surface area contributed by atoms with Gasteiger partial charge in [-0.1, -0.05) is 11.2 Å². The fraction of sp³-hybridized carbons (Fsp3) is 0.316. The van der Waals surface area contributed by atoms with Gasteiger partial charge in [0.05, 0.1) is 17.8 Å². The Labute approximate surface area is 151 Å². The van der Waals surface area contributed by atoms with Crippen molar-refractivity contribution in [3.63, 3.8) is 0 Å². The van der Waals surface area contributed by atoms with Crippen LogP contribution >= 0.6 is 0 Å². The molecule has 2 aliphatic rings. The van der Waals surface area contributed by atoms with E-state index in [1.165, 1.54) is 0 Å². The highest BCUT2D eigenvalue weighted by atomic mass is 16.5. The molecule has 2 aromatic rings. The van der Waals surface area contributed by atoms with Gasteiger partial charge in [0, 0.05) is 17.8 Å². The maximum absolute atomic E-state index is 11.5. The van der Waals surface area contributed by atoms with E-state index in [9.17, 15) is 4.79 Å². The number of carbonyl (C=O) groups excluding carboxylic acids is 1. The number of ether oxygens (including phenoxy) is 1. The molecule has 4 rings (SSSR count). The first kappa shape index (κ1) is 16.4. The second kappa shape index (κ2) is 6.67. The Morgan fingerprint density at radius 1 is 1.38 bits per heavy atom. The minimum atomic E-state index is -0.390. The third-order valence-corrected chi connectivity index (χ3v) is 4.61. The van der Waals surface area contributed by atoms with E-state index in [1.807, 2.05) is 31.2 Å². The van der Waals surface area contributed by atoms with Gasteiger partial charge in [-0.15, -0.1) is 0 Å². The molecule has 1 fully saturated rings. The highest BCUT2D eigenvalue weighted by Gasteiger charge is 2.34. The lowest BCUT2D eigenvalue weighted by Gasteiger charge is -2.29. The van der Waals surface area contributed by atoms with E-state index in [-0.39, 0.29) is 0 Å². The maximum atomic E-state index is 11.5. The van der Waals surface area contributed by atoms with Crippen molar-refractivity contribution in [3.8, 4) is 11.4 Å². The molecule has 0 aromatic carbocycles. The fourth-order valence-corrected chi connectivity index (χ4v) is 2.98. The molecule has 0 spiro atoms. The molecule has 7 nitrogen and oxygen atoms in total. The number of allylic oxidation sites excluding steroid dienone is 2. The number of amides is 1. The first-order chi connectivity index (χ1) is 12.6. The molecule has 0 radical (unpaired) electrons. The largest absolute Gasteiger partial charge is 0.474 e. The molecule has 3 heterocycles. The van der Waals surface area contributed by atoms with Crippen molar-refractivity contribution in [2.24, 2.45) is 5.73 Å². The Kier molecular flexibility index (Phi) is 4.20. The van der Waals surface area contributed by atoms with Gasteiger partial charge in [-0.3, -0.25) is 9.78 Å². The molecular formula is C19H20N4O3. The third-order valence-electron chi connectivity index (χ3n) is 4.61. The predicted octanol–water partition coefficient (Wildman–Crippen LogP) is 2.29. The van der Waals surface area contributed by atoms with Crippen LogP contribution in [0, 0.1) is 6.92 Å². The Morgan fingerprint density at radius 3 is 2.92 bits per heavy atom. The van der Waals surface area contributed by atoms with E-state index in [0.717, 1.165) is 30.0 Å². The minimum absolute atomic E-state index is 0.316.